The molecule has 7 heteroatoms. The van der Waals surface area contributed by atoms with Crippen molar-refractivity contribution in [3.8, 4) is 0 Å². The van der Waals surface area contributed by atoms with Crippen molar-refractivity contribution in [2.75, 3.05) is 52.9 Å². The molecule has 0 bridgehead atoms. The van der Waals surface area contributed by atoms with Crippen LogP contribution in [-0.2, 0) is 4.79 Å². The van der Waals surface area contributed by atoms with Gasteiger partial charge in [-0.1, -0.05) is 0 Å². The number of nitrogens with zero attached hydrogens (tertiary/aromatic N) is 3. The third-order valence-corrected chi connectivity index (χ3v) is 3.86. The molecule has 122 valence electrons. The Balaban J connectivity index is 2.30. The summed E-state index contributed by atoms with van der Waals surface area (Å²) in [6.07, 6.45) is 0.812. The molecule has 0 saturated carbocycles. The fourth-order valence-electron chi connectivity index (χ4n) is 2.23. The van der Waals surface area contributed by atoms with Gasteiger partial charge >= 0.3 is 12.0 Å². The maximum absolute atomic E-state index is 12.1. The molecule has 1 aliphatic heterocycles. The van der Waals surface area contributed by atoms with Gasteiger partial charge in [0.1, 0.15) is 0 Å². The molecule has 21 heavy (non-hydrogen) atoms. The molecular weight excluding hydrogens is 272 g/mol. The fraction of sp³-hybridized carbons (Fsp3) is 0.857. The highest BCUT2D eigenvalue weighted by molar-refractivity contribution is 5.74. The van der Waals surface area contributed by atoms with Crippen molar-refractivity contribution in [3.05, 3.63) is 0 Å². The molecule has 0 atom stereocenters. The third kappa shape index (κ3) is 6.77. The van der Waals surface area contributed by atoms with E-state index in [1.165, 1.54) is 0 Å². The summed E-state index contributed by atoms with van der Waals surface area (Å²) < 4.78 is 0. The summed E-state index contributed by atoms with van der Waals surface area (Å²) in [6, 6.07) is 0.411. The Morgan fingerprint density at radius 3 is 2.57 bits per heavy atom. The second kappa shape index (κ2) is 8.84. The molecule has 0 unspecified atom stereocenters. The van der Waals surface area contributed by atoms with Gasteiger partial charge in [-0.25, -0.2) is 4.79 Å². The zero-order valence-electron chi connectivity index (χ0n) is 13.3. The summed E-state index contributed by atoms with van der Waals surface area (Å²) in [5, 5.41) is 11.7. The van der Waals surface area contributed by atoms with Gasteiger partial charge in [-0.15, -0.1) is 0 Å². The van der Waals surface area contributed by atoms with E-state index >= 15 is 0 Å². The predicted octanol–water partition coefficient (Wildman–Crippen LogP) is 0.129. The van der Waals surface area contributed by atoms with Gasteiger partial charge in [0.05, 0.1) is 6.54 Å². The Morgan fingerprint density at radius 2 is 1.95 bits per heavy atom. The molecule has 0 aliphatic carbocycles. The van der Waals surface area contributed by atoms with E-state index in [9.17, 15) is 9.59 Å². The van der Waals surface area contributed by atoms with Crippen molar-refractivity contribution in [1.82, 2.24) is 20.0 Å². The maximum atomic E-state index is 12.1. The van der Waals surface area contributed by atoms with Crippen molar-refractivity contribution < 1.29 is 14.7 Å². The quantitative estimate of drug-likeness (QED) is 0.729. The number of urea groups is 1. The summed E-state index contributed by atoms with van der Waals surface area (Å²) >= 11 is 0. The molecule has 1 saturated heterocycles. The number of carbonyl (C=O) groups excluding carboxylic acids is 1. The van der Waals surface area contributed by atoms with Crippen molar-refractivity contribution in [1.29, 1.82) is 0 Å². The molecule has 1 aliphatic rings. The number of likely N-dealkylation sites (N-methyl/N-ethyl adjacent to an activating group) is 1. The summed E-state index contributed by atoms with van der Waals surface area (Å²) in [4.78, 5) is 28.6. The number of hydrogen-bond donors (Lipinski definition) is 2. The van der Waals surface area contributed by atoms with Gasteiger partial charge in [-0.2, -0.15) is 0 Å². The SMILES string of the molecule is CC(C)N(C)CCNC(=O)N1CCCN(CC(=O)O)CC1. The second-order valence-electron chi connectivity index (χ2n) is 5.82. The Hall–Kier alpha value is -1.34. The highest BCUT2D eigenvalue weighted by atomic mass is 16.4. The Labute approximate surface area is 126 Å². The largest absolute Gasteiger partial charge is 0.480 e. The third-order valence-electron chi connectivity index (χ3n) is 3.86. The van der Waals surface area contributed by atoms with Crippen LogP contribution in [0.2, 0.25) is 0 Å². The average Bonchev–Trinajstić information content (AvgIpc) is 2.63. The number of carboxylic acid groups (broad SMARTS) is 1. The molecule has 0 radical (unpaired) electrons. The van der Waals surface area contributed by atoms with Gasteiger partial charge in [0.15, 0.2) is 0 Å². The van der Waals surface area contributed by atoms with Crippen molar-refractivity contribution in [2.45, 2.75) is 26.3 Å². The molecule has 1 rings (SSSR count). The standard InChI is InChI=1S/C14H28N4O3/c1-12(2)16(3)8-5-15-14(21)18-7-4-6-17(9-10-18)11-13(19)20/h12H,4-11H2,1-3H3,(H,15,21)(H,19,20). The number of carboxylic acids is 1. The number of amides is 2. The Kier molecular flexibility index (Phi) is 7.45. The Bertz CT molecular complexity index is 349. The lowest BCUT2D eigenvalue weighted by Gasteiger charge is -2.24. The summed E-state index contributed by atoms with van der Waals surface area (Å²) in [7, 11) is 2.03. The topological polar surface area (TPSA) is 76.1 Å². The van der Waals surface area contributed by atoms with Crippen LogP contribution in [0.3, 0.4) is 0 Å². The maximum Gasteiger partial charge on any atom is 0.317 e. The lowest BCUT2D eigenvalue weighted by atomic mass is 10.3. The van der Waals surface area contributed by atoms with E-state index in [-0.39, 0.29) is 12.6 Å². The number of hydrogen-bond acceptors (Lipinski definition) is 4. The van der Waals surface area contributed by atoms with E-state index in [0.717, 1.165) is 19.5 Å². The lowest BCUT2D eigenvalue weighted by molar-refractivity contribution is -0.138. The zero-order chi connectivity index (χ0) is 15.8. The molecule has 1 fully saturated rings. The molecule has 0 aromatic carbocycles. The van der Waals surface area contributed by atoms with E-state index in [2.05, 4.69) is 24.1 Å². The van der Waals surface area contributed by atoms with Crippen LogP contribution < -0.4 is 5.32 Å². The summed E-state index contributed by atoms with van der Waals surface area (Å²) in [5.41, 5.74) is 0. The van der Waals surface area contributed by atoms with E-state index in [1.807, 2.05) is 11.9 Å². The summed E-state index contributed by atoms with van der Waals surface area (Å²) in [5.74, 6) is -0.815. The second-order valence-corrected chi connectivity index (χ2v) is 5.82. The van der Waals surface area contributed by atoms with Crippen LogP contribution in [0.5, 0.6) is 0 Å². The minimum absolute atomic E-state index is 0.0502. The van der Waals surface area contributed by atoms with Gasteiger partial charge in [0, 0.05) is 45.3 Å². The molecule has 0 aromatic heterocycles. The first-order chi connectivity index (χ1) is 9.90. The molecule has 2 N–H and O–H groups in total. The molecular formula is C14H28N4O3. The van der Waals surface area contributed by atoms with E-state index < -0.39 is 5.97 Å². The molecule has 0 aromatic rings. The van der Waals surface area contributed by atoms with Crippen LogP contribution in [0.15, 0.2) is 0 Å². The van der Waals surface area contributed by atoms with Gasteiger partial charge in [0.2, 0.25) is 0 Å². The zero-order valence-corrected chi connectivity index (χ0v) is 13.3. The predicted molar refractivity (Wildman–Crippen MR) is 81.4 cm³/mol. The van der Waals surface area contributed by atoms with E-state index in [0.29, 0.717) is 32.2 Å². The first kappa shape index (κ1) is 17.7. The first-order valence-corrected chi connectivity index (χ1v) is 7.57. The van der Waals surface area contributed by atoms with Crippen LogP contribution >= 0.6 is 0 Å². The molecule has 2 amide bonds. The van der Waals surface area contributed by atoms with E-state index in [1.54, 1.807) is 4.90 Å². The highest BCUT2D eigenvalue weighted by Crippen LogP contribution is 2.03. The first-order valence-electron chi connectivity index (χ1n) is 7.57. The number of aliphatic carboxylic acids is 1. The molecule has 0 spiro atoms. The number of carbonyl (C=O) groups is 2. The monoisotopic (exact) mass is 300 g/mol. The minimum Gasteiger partial charge on any atom is -0.480 e. The average molecular weight is 300 g/mol. The van der Waals surface area contributed by atoms with Gasteiger partial charge in [-0.05, 0) is 27.3 Å². The highest BCUT2D eigenvalue weighted by Gasteiger charge is 2.20. The van der Waals surface area contributed by atoms with Crippen LogP contribution in [0, 0.1) is 0 Å². The summed E-state index contributed by atoms with van der Waals surface area (Å²) in [6.45, 7) is 8.35. The number of rotatable bonds is 6. The lowest BCUT2D eigenvalue weighted by Crippen LogP contribution is -2.45. The van der Waals surface area contributed by atoms with Crippen LogP contribution in [0.25, 0.3) is 0 Å². The smallest absolute Gasteiger partial charge is 0.317 e. The Morgan fingerprint density at radius 1 is 1.24 bits per heavy atom. The normalized spacial score (nSPS) is 17.1. The molecule has 1 heterocycles. The fourth-order valence-corrected chi connectivity index (χ4v) is 2.23. The van der Waals surface area contributed by atoms with Crippen molar-refractivity contribution in [3.63, 3.8) is 0 Å². The molecule has 7 nitrogen and oxygen atoms in total. The van der Waals surface area contributed by atoms with Crippen LogP contribution in [0.1, 0.15) is 20.3 Å². The van der Waals surface area contributed by atoms with Gasteiger partial charge in [-0.3, -0.25) is 9.69 Å². The van der Waals surface area contributed by atoms with E-state index in [4.69, 9.17) is 5.11 Å². The van der Waals surface area contributed by atoms with Gasteiger partial charge < -0.3 is 20.2 Å². The van der Waals surface area contributed by atoms with Gasteiger partial charge in [0.25, 0.3) is 0 Å². The minimum atomic E-state index is -0.815. The van der Waals surface area contributed by atoms with Crippen LogP contribution in [0.4, 0.5) is 4.79 Å². The van der Waals surface area contributed by atoms with Crippen LogP contribution in [-0.4, -0.2) is 90.7 Å². The number of nitrogens with one attached hydrogen (secondary N) is 1. The van der Waals surface area contributed by atoms with Crippen molar-refractivity contribution >= 4 is 12.0 Å². The van der Waals surface area contributed by atoms with Crippen molar-refractivity contribution in [2.24, 2.45) is 0 Å².